The topological polar surface area (TPSA) is 49.3 Å². The average molecular weight is 316 g/mol. The number of phenolic OH excluding ortho intramolecular Hbond substituents is 1. The first-order valence-corrected chi connectivity index (χ1v) is 7.22. The molecular formula is C13H11Cl2NO2S. The van der Waals surface area contributed by atoms with Crippen LogP contribution in [0.15, 0.2) is 23.6 Å². The third kappa shape index (κ3) is 3.03. The van der Waals surface area contributed by atoms with Gasteiger partial charge in [-0.15, -0.1) is 11.3 Å². The molecule has 0 aliphatic carbocycles. The maximum absolute atomic E-state index is 12.1. The molecule has 0 spiro atoms. The lowest BCUT2D eigenvalue weighted by Gasteiger charge is -2.08. The highest BCUT2D eigenvalue weighted by Crippen LogP contribution is 2.34. The number of anilines is 1. The van der Waals surface area contributed by atoms with Crippen molar-refractivity contribution in [1.29, 1.82) is 0 Å². The molecule has 0 saturated heterocycles. The summed E-state index contributed by atoms with van der Waals surface area (Å²) in [6.07, 6.45) is 0.795. The smallest absolute Gasteiger partial charge is 0.266 e. The van der Waals surface area contributed by atoms with Crippen LogP contribution in [-0.4, -0.2) is 11.0 Å². The van der Waals surface area contributed by atoms with Crippen molar-refractivity contribution in [2.24, 2.45) is 0 Å². The van der Waals surface area contributed by atoms with E-state index >= 15 is 0 Å². The van der Waals surface area contributed by atoms with Gasteiger partial charge in [-0.2, -0.15) is 0 Å². The molecule has 2 rings (SSSR count). The van der Waals surface area contributed by atoms with Crippen LogP contribution in [0.4, 0.5) is 5.69 Å². The minimum atomic E-state index is -0.204. The standard InChI is InChI=1S/C13H11Cl2NO2S/c1-2-7-3-4-19-12(7)13(18)16-8-5-9(14)11(17)10(15)6-8/h3-6,17H,2H2,1H3,(H,16,18). The van der Waals surface area contributed by atoms with Gasteiger partial charge in [0, 0.05) is 5.69 Å². The predicted molar refractivity (Wildman–Crippen MR) is 79.8 cm³/mol. The van der Waals surface area contributed by atoms with Gasteiger partial charge in [0.1, 0.15) is 0 Å². The third-order valence-corrected chi connectivity index (χ3v) is 4.14. The number of halogens is 2. The van der Waals surface area contributed by atoms with Gasteiger partial charge in [0.05, 0.1) is 14.9 Å². The lowest BCUT2D eigenvalue weighted by molar-refractivity contribution is 0.103. The second-order valence-corrected chi connectivity index (χ2v) is 5.60. The summed E-state index contributed by atoms with van der Waals surface area (Å²) >= 11 is 13.0. The van der Waals surface area contributed by atoms with Gasteiger partial charge in [0.2, 0.25) is 0 Å². The van der Waals surface area contributed by atoms with Crippen molar-refractivity contribution in [3.8, 4) is 5.75 Å². The molecule has 0 unspecified atom stereocenters. The number of aromatic hydroxyl groups is 1. The molecule has 100 valence electrons. The fourth-order valence-electron chi connectivity index (χ4n) is 1.64. The zero-order valence-corrected chi connectivity index (χ0v) is 12.4. The minimum Gasteiger partial charge on any atom is -0.505 e. The fraction of sp³-hybridized carbons (Fsp3) is 0.154. The van der Waals surface area contributed by atoms with Gasteiger partial charge in [0.25, 0.3) is 5.91 Å². The largest absolute Gasteiger partial charge is 0.505 e. The van der Waals surface area contributed by atoms with Crippen molar-refractivity contribution >= 4 is 46.1 Å². The summed E-state index contributed by atoms with van der Waals surface area (Å²) in [7, 11) is 0. The summed E-state index contributed by atoms with van der Waals surface area (Å²) in [4.78, 5) is 12.8. The molecule has 1 amide bonds. The summed E-state index contributed by atoms with van der Waals surface area (Å²) in [6.45, 7) is 1.99. The van der Waals surface area contributed by atoms with E-state index in [-0.39, 0.29) is 21.7 Å². The molecule has 19 heavy (non-hydrogen) atoms. The second-order valence-electron chi connectivity index (χ2n) is 3.87. The molecule has 2 aromatic rings. The van der Waals surface area contributed by atoms with Gasteiger partial charge in [-0.25, -0.2) is 0 Å². The quantitative estimate of drug-likeness (QED) is 0.815. The highest BCUT2D eigenvalue weighted by molar-refractivity contribution is 7.12. The first kappa shape index (κ1) is 14.2. The number of carbonyl (C=O) groups excluding carboxylic acids is 1. The maximum Gasteiger partial charge on any atom is 0.266 e. The number of amides is 1. The van der Waals surface area contributed by atoms with Gasteiger partial charge in [-0.1, -0.05) is 30.1 Å². The molecular weight excluding hydrogens is 305 g/mol. The Morgan fingerprint density at radius 2 is 2.00 bits per heavy atom. The van der Waals surface area contributed by atoms with Crippen molar-refractivity contribution < 1.29 is 9.90 Å². The zero-order chi connectivity index (χ0) is 14.0. The zero-order valence-electron chi connectivity index (χ0n) is 10.0. The van der Waals surface area contributed by atoms with E-state index in [4.69, 9.17) is 23.2 Å². The van der Waals surface area contributed by atoms with E-state index in [1.807, 2.05) is 18.4 Å². The third-order valence-electron chi connectivity index (χ3n) is 2.61. The molecule has 2 N–H and O–H groups in total. The van der Waals surface area contributed by atoms with E-state index < -0.39 is 0 Å². The number of phenols is 1. The molecule has 0 atom stereocenters. The Kier molecular flexibility index (Phi) is 4.34. The summed E-state index contributed by atoms with van der Waals surface area (Å²) in [5, 5.41) is 14.3. The Morgan fingerprint density at radius 3 is 2.58 bits per heavy atom. The average Bonchev–Trinajstić information content (AvgIpc) is 2.84. The summed E-state index contributed by atoms with van der Waals surface area (Å²) < 4.78 is 0. The van der Waals surface area contributed by atoms with Crippen LogP contribution in [-0.2, 0) is 6.42 Å². The van der Waals surface area contributed by atoms with E-state index in [0.29, 0.717) is 10.6 Å². The molecule has 1 heterocycles. The SMILES string of the molecule is CCc1ccsc1C(=O)Nc1cc(Cl)c(O)c(Cl)c1. The van der Waals surface area contributed by atoms with Gasteiger partial charge in [-0.3, -0.25) is 4.79 Å². The number of thiophene rings is 1. The van der Waals surface area contributed by atoms with Crippen molar-refractivity contribution in [1.82, 2.24) is 0 Å². The van der Waals surface area contributed by atoms with Gasteiger partial charge in [0.15, 0.2) is 5.75 Å². The minimum absolute atomic E-state index is 0.102. The number of nitrogens with one attached hydrogen (secondary N) is 1. The van der Waals surface area contributed by atoms with Gasteiger partial charge < -0.3 is 10.4 Å². The number of hydrogen-bond acceptors (Lipinski definition) is 3. The Labute approximate surface area is 124 Å². The lowest BCUT2D eigenvalue weighted by atomic mass is 10.2. The summed E-state index contributed by atoms with van der Waals surface area (Å²) in [6, 6.07) is 4.84. The molecule has 0 radical (unpaired) electrons. The van der Waals surface area contributed by atoms with Crippen LogP contribution in [0.5, 0.6) is 5.75 Å². The summed E-state index contributed by atoms with van der Waals surface area (Å²) in [5.74, 6) is -0.392. The number of hydrogen-bond donors (Lipinski definition) is 2. The molecule has 0 saturated carbocycles. The molecule has 0 fully saturated rings. The Morgan fingerprint density at radius 1 is 1.37 bits per heavy atom. The fourth-order valence-corrected chi connectivity index (χ4v) is 3.02. The highest BCUT2D eigenvalue weighted by atomic mass is 35.5. The number of aryl methyl sites for hydroxylation is 1. The normalized spacial score (nSPS) is 10.5. The van der Waals surface area contributed by atoms with E-state index in [1.54, 1.807) is 0 Å². The molecule has 1 aromatic heterocycles. The number of carbonyl (C=O) groups is 1. The Bertz CT molecular complexity index is 602. The van der Waals surface area contributed by atoms with Crippen LogP contribution in [0.25, 0.3) is 0 Å². The monoisotopic (exact) mass is 315 g/mol. The van der Waals surface area contributed by atoms with Crippen molar-refractivity contribution in [2.75, 3.05) is 5.32 Å². The second kappa shape index (κ2) is 5.82. The van der Waals surface area contributed by atoms with E-state index in [0.717, 1.165) is 12.0 Å². The van der Waals surface area contributed by atoms with Crippen LogP contribution in [0, 0.1) is 0 Å². The van der Waals surface area contributed by atoms with Gasteiger partial charge >= 0.3 is 0 Å². The van der Waals surface area contributed by atoms with Crippen molar-refractivity contribution in [3.05, 3.63) is 44.1 Å². The van der Waals surface area contributed by atoms with Gasteiger partial charge in [-0.05, 0) is 35.6 Å². The Hall–Kier alpha value is -1.23. The predicted octanol–water partition coefficient (Wildman–Crippen LogP) is 4.58. The molecule has 1 aromatic carbocycles. The Balaban J connectivity index is 2.24. The van der Waals surface area contributed by atoms with Crippen LogP contribution in [0.1, 0.15) is 22.2 Å². The van der Waals surface area contributed by atoms with E-state index in [1.165, 1.54) is 23.5 Å². The molecule has 0 bridgehead atoms. The summed E-state index contributed by atoms with van der Waals surface area (Å²) in [5.41, 5.74) is 1.45. The van der Waals surface area contributed by atoms with E-state index in [2.05, 4.69) is 5.32 Å². The first-order chi connectivity index (χ1) is 9.02. The van der Waals surface area contributed by atoms with Crippen LogP contribution in [0.2, 0.25) is 10.0 Å². The molecule has 0 aliphatic rings. The van der Waals surface area contributed by atoms with Crippen molar-refractivity contribution in [3.63, 3.8) is 0 Å². The van der Waals surface area contributed by atoms with Crippen LogP contribution in [0.3, 0.4) is 0 Å². The first-order valence-electron chi connectivity index (χ1n) is 5.58. The number of benzene rings is 1. The van der Waals surface area contributed by atoms with Crippen molar-refractivity contribution in [2.45, 2.75) is 13.3 Å². The lowest BCUT2D eigenvalue weighted by Crippen LogP contribution is -2.11. The molecule has 3 nitrogen and oxygen atoms in total. The maximum atomic E-state index is 12.1. The van der Waals surface area contributed by atoms with E-state index in [9.17, 15) is 9.90 Å². The molecule has 0 aliphatic heterocycles. The highest BCUT2D eigenvalue weighted by Gasteiger charge is 2.14. The van der Waals surface area contributed by atoms with Crippen LogP contribution >= 0.6 is 34.5 Å². The van der Waals surface area contributed by atoms with Crippen LogP contribution < -0.4 is 5.32 Å². The number of rotatable bonds is 3. The molecule has 6 heteroatoms.